The summed E-state index contributed by atoms with van der Waals surface area (Å²) in [6.07, 6.45) is 3.11. The number of nitro groups is 1. The number of carbonyl (C=O) groups is 1. The van der Waals surface area contributed by atoms with Crippen molar-refractivity contribution in [2.45, 2.75) is 34.6 Å². The van der Waals surface area contributed by atoms with Gasteiger partial charge in [0, 0.05) is 17.7 Å². The molecular weight excluding hydrogens is 302 g/mol. The largest absolute Gasteiger partial charge is 0.289 e. The first-order valence-electron chi connectivity index (χ1n) is 7.77. The lowest BCUT2D eigenvalue weighted by atomic mass is 9.87. The molecule has 0 radical (unpaired) electrons. The molecule has 0 amide bonds. The van der Waals surface area contributed by atoms with E-state index in [1.807, 2.05) is 27.7 Å². The van der Waals surface area contributed by atoms with Gasteiger partial charge in [0.1, 0.15) is 0 Å². The van der Waals surface area contributed by atoms with Gasteiger partial charge in [-0.25, -0.2) is 0 Å². The average molecular weight is 323 g/mol. The Morgan fingerprint density at radius 1 is 0.958 bits per heavy atom. The maximum absolute atomic E-state index is 12.7. The van der Waals surface area contributed by atoms with Gasteiger partial charge < -0.3 is 0 Å². The molecule has 0 heterocycles. The summed E-state index contributed by atoms with van der Waals surface area (Å²) in [6, 6.07) is 6.23. The van der Waals surface area contributed by atoms with Gasteiger partial charge in [-0.15, -0.1) is 0 Å². The Bertz CT molecular complexity index is 834. The van der Waals surface area contributed by atoms with Crippen molar-refractivity contribution in [1.82, 2.24) is 0 Å². The predicted octanol–water partition coefficient (Wildman–Crippen LogP) is 5.03. The number of rotatable bonds is 4. The molecule has 0 saturated carbocycles. The highest BCUT2D eigenvalue weighted by atomic mass is 16.6. The highest BCUT2D eigenvalue weighted by molar-refractivity contribution is 6.09. The highest BCUT2D eigenvalue weighted by Crippen LogP contribution is 2.27. The number of allylic oxidation sites excluding steroid dienone is 1. The highest BCUT2D eigenvalue weighted by Gasteiger charge is 2.16. The van der Waals surface area contributed by atoms with Crippen molar-refractivity contribution in [2.24, 2.45) is 0 Å². The Morgan fingerprint density at radius 2 is 1.50 bits per heavy atom. The first-order valence-corrected chi connectivity index (χ1v) is 7.77. The number of benzene rings is 2. The monoisotopic (exact) mass is 323 g/mol. The Morgan fingerprint density at radius 3 is 2.04 bits per heavy atom. The molecule has 0 aliphatic heterocycles. The molecule has 0 unspecified atom stereocenters. The molecule has 24 heavy (non-hydrogen) atoms. The van der Waals surface area contributed by atoms with E-state index >= 15 is 0 Å². The van der Waals surface area contributed by atoms with Crippen molar-refractivity contribution in [1.29, 1.82) is 0 Å². The first kappa shape index (κ1) is 17.6. The van der Waals surface area contributed by atoms with Gasteiger partial charge in [0.2, 0.25) is 0 Å². The fourth-order valence-corrected chi connectivity index (χ4v) is 2.87. The van der Waals surface area contributed by atoms with Crippen LogP contribution in [0.1, 0.15) is 43.7 Å². The van der Waals surface area contributed by atoms with Gasteiger partial charge in [-0.1, -0.05) is 18.2 Å². The van der Waals surface area contributed by atoms with E-state index < -0.39 is 4.92 Å². The molecular formula is C20H21NO3. The van der Waals surface area contributed by atoms with Crippen molar-refractivity contribution in [3.05, 3.63) is 79.4 Å². The second-order valence-electron chi connectivity index (χ2n) is 6.05. The lowest BCUT2D eigenvalue weighted by Crippen LogP contribution is -2.07. The molecule has 0 aliphatic rings. The minimum Gasteiger partial charge on any atom is -0.289 e. The molecule has 2 aromatic carbocycles. The fourth-order valence-electron chi connectivity index (χ4n) is 2.87. The lowest BCUT2D eigenvalue weighted by molar-refractivity contribution is -0.384. The first-order chi connectivity index (χ1) is 11.2. The van der Waals surface area contributed by atoms with Crippen molar-refractivity contribution in [2.75, 3.05) is 0 Å². The number of hydrogen-bond acceptors (Lipinski definition) is 3. The molecule has 4 heteroatoms. The van der Waals surface area contributed by atoms with Gasteiger partial charge in [-0.05, 0) is 74.1 Å². The van der Waals surface area contributed by atoms with E-state index in [9.17, 15) is 14.9 Å². The summed E-state index contributed by atoms with van der Waals surface area (Å²) in [5.74, 6) is -0.0808. The quantitative estimate of drug-likeness (QED) is 0.343. The topological polar surface area (TPSA) is 60.2 Å². The van der Waals surface area contributed by atoms with Gasteiger partial charge in [0.25, 0.3) is 5.69 Å². The van der Waals surface area contributed by atoms with Crippen LogP contribution in [0.5, 0.6) is 0 Å². The van der Waals surface area contributed by atoms with Gasteiger partial charge in [0.15, 0.2) is 5.78 Å². The lowest BCUT2D eigenvalue weighted by Gasteiger charge is -2.16. The summed E-state index contributed by atoms with van der Waals surface area (Å²) in [5, 5.41) is 10.8. The number of ketones is 1. The summed E-state index contributed by atoms with van der Waals surface area (Å²) in [7, 11) is 0. The maximum Gasteiger partial charge on any atom is 0.270 e. The van der Waals surface area contributed by atoms with Crippen LogP contribution in [-0.2, 0) is 0 Å². The van der Waals surface area contributed by atoms with Crippen molar-refractivity contribution < 1.29 is 9.72 Å². The molecule has 2 rings (SSSR count). The smallest absolute Gasteiger partial charge is 0.270 e. The average Bonchev–Trinajstić information content (AvgIpc) is 2.56. The zero-order valence-electron chi connectivity index (χ0n) is 14.6. The van der Waals surface area contributed by atoms with Crippen LogP contribution in [0.25, 0.3) is 6.08 Å². The second kappa shape index (κ2) is 6.79. The number of nitrogens with zero attached hydrogens (tertiary/aromatic N) is 1. The van der Waals surface area contributed by atoms with E-state index in [2.05, 4.69) is 6.92 Å². The van der Waals surface area contributed by atoms with E-state index in [-0.39, 0.29) is 11.5 Å². The van der Waals surface area contributed by atoms with E-state index in [4.69, 9.17) is 0 Å². The van der Waals surface area contributed by atoms with Crippen LogP contribution < -0.4 is 0 Å². The van der Waals surface area contributed by atoms with Crippen LogP contribution in [-0.4, -0.2) is 10.7 Å². The number of non-ortho nitro benzene ring substituents is 1. The summed E-state index contributed by atoms with van der Waals surface area (Å²) in [6.45, 7) is 10.0. The van der Waals surface area contributed by atoms with E-state index in [1.54, 1.807) is 18.2 Å². The van der Waals surface area contributed by atoms with Crippen LogP contribution in [0.2, 0.25) is 0 Å². The molecule has 0 saturated heterocycles. The zero-order valence-corrected chi connectivity index (χ0v) is 14.6. The summed E-state index contributed by atoms with van der Waals surface area (Å²) < 4.78 is 0. The summed E-state index contributed by atoms with van der Waals surface area (Å²) in [4.78, 5) is 23.1. The second-order valence-corrected chi connectivity index (χ2v) is 6.05. The standard InChI is InChI=1S/C20H21NO3/c1-12-13(2)15(4)20(16(5)14(12)3)19(22)10-9-17-7-6-8-18(11-17)21(23)24/h6-11H,1-5H3/b10-9-. The minimum atomic E-state index is -0.444. The fraction of sp³-hybridized carbons (Fsp3) is 0.250. The third kappa shape index (κ3) is 3.27. The molecule has 2 aromatic rings. The van der Waals surface area contributed by atoms with Crippen molar-refractivity contribution in [3.63, 3.8) is 0 Å². The van der Waals surface area contributed by atoms with Crippen LogP contribution in [0, 0.1) is 44.7 Å². The number of nitro benzene ring substituents is 1. The predicted molar refractivity (Wildman–Crippen MR) is 96.6 cm³/mol. The van der Waals surface area contributed by atoms with E-state index in [1.165, 1.54) is 23.8 Å². The third-order valence-corrected chi connectivity index (χ3v) is 4.75. The Kier molecular flexibility index (Phi) is 4.98. The third-order valence-electron chi connectivity index (χ3n) is 4.75. The van der Waals surface area contributed by atoms with Crippen LogP contribution >= 0.6 is 0 Å². The van der Waals surface area contributed by atoms with Crippen LogP contribution in [0.15, 0.2) is 30.3 Å². The number of carbonyl (C=O) groups excluding carboxylic acids is 1. The minimum absolute atomic E-state index is 0.0129. The van der Waals surface area contributed by atoms with Gasteiger partial charge in [-0.3, -0.25) is 14.9 Å². The summed E-state index contributed by atoms with van der Waals surface area (Å²) >= 11 is 0. The van der Waals surface area contributed by atoms with Crippen molar-refractivity contribution in [3.8, 4) is 0 Å². The molecule has 4 nitrogen and oxygen atoms in total. The molecule has 0 aliphatic carbocycles. The Balaban J connectivity index is 2.41. The van der Waals surface area contributed by atoms with Gasteiger partial charge in [-0.2, -0.15) is 0 Å². The Hall–Kier alpha value is -2.75. The zero-order chi connectivity index (χ0) is 18.0. The molecule has 0 aromatic heterocycles. The molecule has 124 valence electrons. The Labute approximate surface area is 142 Å². The SMILES string of the molecule is Cc1c(C)c(C)c(C(=O)/C=C\c2cccc([N+](=O)[O-])c2)c(C)c1C. The molecule has 0 atom stereocenters. The van der Waals surface area contributed by atoms with E-state index in [0.717, 1.165) is 27.8 Å². The maximum atomic E-state index is 12.7. The molecule has 0 N–H and O–H groups in total. The molecule has 0 fully saturated rings. The van der Waals surface area contributed by atoms with E-state index in [0.29, 0.717) is 5.56 Å². The summed E-state index contributed by atoms with van der Waals surface area (Å²) in [5.41, 5.74) is 6.82. The molecule has 0 bridgehead atoms. The van der Waals surface area contributed by atoms with Crippen molar-refractivity contribution >= 4 is 17.5 Å². The van der Waals surface area contributed by atoms with Crippen LogP contribution in [0.4, 0.5) is 5.69 Å². The molecule has 0 spiro atoms. The van der Waals surface area contributed by atoms with Crippen LogP contribution in [0.3, 0.4) is 0 Å². The van der Waals surface area contributed by atoms with Gasteiger partial charge in [0.05, 0.1) is 4.92 Å². The number of hydrogen-bond donors (Lipinski definition) is 0. The van der Waals surface area contributed by atoms with Gasteiger partial charge >= 0.3 is 0 Å². The normalized spacial score (nSPS) is 11.0.